The van der Waals surface area contributed by atoms with Crippen molar-refractivity contribution in [2.75, 3.05) is 13.7 Å². The molecule has 148 valence electrons. The summed E-state index contributed by atoms with van der Waals surface area (Å²) in [6.45, 7) is -0.209. The lowest BCUT2D eigenvalue weighted by molar-refractivity contribution is -0.144. The van der Waals surface area contributed by atoms with Gasteiger partial charge in [-0.2, -0.15) is 0 Å². The van der Waals surface area contributed by atoms with Crippen LogP contribution in [0.1, 0.15) is 11.1 Å². The first kappa shape index (κ1) is 21.7. The van der Waals surface area contributed by atoms with E-state index in [4.69, 9.17) is 9.47 Å². The number of nitrogens with one attached hydrogen (secondary N) is 2. The zero-order valence-electron chi connectivity index (χ0n) is 15.3. The average Bonchev–Trinajstić information content (AvgIpc) is 2.72. The number of hydrogen-bond acceptors (Lipinski definition) is 5. The molecule has 0 aliphatic rings. The molecule has 2 aromatic carbocycles. The number of alkyl carbamates (subject to hydrolysis) is 1. The largest absolute Gasteiger partial charge is 0.467 e. The molecule has 0 spiro atoms. The Labute approximate surface area is 176 Å². The molecule has 0 saturated carbocycles. The molecule has 2 rings (SSSR count). The quantitative estimate of drug-likeness (QED) is 0.433. The second kappa shape index (κ2) is 11.3. The van der Waals surface area contributed by atoms with Crippen molar-refractivity contribution in [3.8, 4) is 0 Å². The molecule has 0 unspecified atom stereocenters. The molecular weight excluding hydrogens is 475 g/mol. The number of rotatable bonds is 8. The predicted molar refractivity (Wildman–Crippen MR) is 111 cm³/mol. The van der Waals surface area contributed by atoms with Gasteiger partial charge >= 0.3 is 12.1 Å². The zero-order chi connectivity index (χ0) is 20.4. The van der Waals surface area contributed by atoms with E-state index in [9.17, 15) is 14.4 Å². The molecular formula is C20H21IN2O5. The molecule has 0 aliphatic carbocycles. The summed E-state index contributed by atoms with van der Waals surface area (Å²) < 4.78 is 10.9. The predicted octanol–water partition coefficient (Wildman–Crippen LogP) is 2.42. The fourth-order valence-corrected chi connectivity index (χ4v) is 2.72. The Kier molecular flexibility index (Phi) is 8.73. The zero-order valence-corrected chi connectivity index (χ0v) is 17.5. The number of carbonyl (C=O) groups is 3. The van der Waals surface area contributed by atoms with E-state index in [0.29, 0.717) is 0 Å². The minimum atomic E-state index is -0.847. The van der Waals surface area contributed by atoms with Crippen molar-refractivity contribution in [2.45, 2.75) is 19.1 Å². The van der Waals surface area contributed by atoms with Crippen molar-refractivity contribution in [1.29, 1.82) is 0 Å². The van der Waals surface area contributed by atoms with E-state index in [-0.39, 0.29) is 19.6 Å². The van der Waals surface area contributed by atoms with Gasteiger partial charge < -0.3 is 20.1 Å². The molecule has 0 heterocycles. The van der Waals surface area contributed by atoms with Crippen LogP contribution in [0.2, 0.25) is 0 Å². The van der Waals surface area contributed by atoms with Crippen molar-refractivity contribution in [2.24, 2.45) is 0 Å². The molecule has 2 amide bonds. The van der Waals surface area contributed by atoms with Crippen LogP contribution in [0.25, 0.3) is 0 Å². The average molecular weight is 496 g/mol. The highest BCUT2D eigenvalue weighted by Crippen LogP contribution is 2.09. The Hall–Kier alpha value is -2.62. The minimum absolute atomic E-state index is 0.103. The Morgan fingerprint density at radius 2 is 1.68 bits per heavy atom. The van der Waals surface area contributed by atoms with Gasteiger partial charge in [-0.15, -0.1) is 0 Å². The van der Waals surface area contributed by atoms with Gasteiger partial charge in [0, 0.05) is 9.99 Å². The van der Waals surface area contributed by atoms with Crippen LogP contribution >= 0.6 is 22.6 Å². The van der Waals surface area contributed by atoms with Gasteiger partial charge in [-0.25, -0.2) is 9.59 Å². The van der Waals surface area contributed by atoms with E-state index >= 15 is 0 Å². The number of amides is 2. The van der Waals surface area contributed by atoms with Crippen LogP contribution < -0.4 is 10.6 Å². The highest BCUT2D eigenvalue weighted by Gasteiger charge is 2.22. The molecule has 8 heteroatoms. The van der Waals surface area contributed by atoms with E-state index in [0.717, 1.165) is 14.7 Å². The third kappa shape index (κ3) is 7.55. The summed E-state index contributed by atoms with van der Waals surface area (Å²) in [6.07, 6.45) is -0.431. The van der Waals surface area contributed by atoms with Crippen molar-refractivity contribution >= 4 is 40.6 Å². The molecule has 0 aliphatic heterocycles. The Morgan fingerprint density at radius 3 is 2.32 bits per heavy atom. The molecule has 7 nitrogen and oxygen atoms in total. The van der Waals surface area contributed by atoms with Gasteiger partial charge in [0.2, 0.25) is 5.91 Å². The molecule has 0 fully saturated rings. The summed E-state index contributed by atoms with van der Waals surface area (Å²) in [5.41, 5.74) is 1.72. The maximum Gasteiger partial charge on any atom is 0.407 e. The van der Waals surface area contributed by atoms with Gasteiger partial charge in [0.1, 0.15) is 19.2 Å². The van der Waals surface area contributed by atoms with Gasteiger partial charge in [-0.05, 0) is 45.9 Å². The number of benzene rings is 2. The number of methoxy groups -OCH3 is 1. The molecule has 2 aromatic rings. The van der Waals surface area contributed by atoms with Gasteiger partial charge in [0.25, 0.3) is 0 Å². The van der Waals surface area contributed by atoms with Crippen molar-refractivity contribution in [3.63, 3.8) is 0 Å². The fourth-order valence-electron chi connectivity index (χ4n) is 2.36. The standard InChI is InChI=1S/C20H21IN2O5/c1-27-19(25)17(11-14-7-9-16(21)10-8-14)23-18(24)12-22-20(26)28-13-15-5-3-2-4-6-15/h2-10,17H,11-13H2,1H3,(H,22,26)(H,23,24)/t17-/m0/s1. The first-order valence-electron chi connectivity index (χ1n) is 8.54. The molecule has 0 bridgehead atoms. The monoisotopic (exact) mass is 496 g/mol. The third-order valence-corrected chi connectivity index (χ3v) is 4.50. The maximum absolute atomic E-state index is 12.1. The molecule has 0 saturated heterocycles. The molecule has 28 heavy (non-hydrogen) atoms. The number of ether oxygens (including phenoxy) is 2. The number of carbonyl (C=O) groups excluding carboxylic acids is 3. The van der Waals surface area contributed by atoms with Crippen LogP contribution in [0.3, 0.4) is 0 Å². The summed E-state index contributed by atoms with van der Waals surface area (Å²) >= 11 is 2.18. The molecule has 0 radical (unpaired) electrons. The topological polar surface area (TPSA) is 93.7 Å². The van der Waals surface area contributed by atoms with Crippen LogP contribution in [-0.4, -0.2) is 37.7 Å². The van der Waals surface area contributed by atoms with Gasteiger partial charge in [0.15, 0.2) is 0 Å². The van der Waals surface area contributed by atoms with E-state index < -0.39 is 24.0 Å². The van der Waals surface area contributed by atoms with Crippen LogP contribution in [0, 0.1) is 3.57 Å². The lowest BCUT2D eigenvalue weighted by atomic mass is 10.1. The fraction of sp³-hybridized carbons (Fsp3) is 0.250. The summed E-state index contributed by atoms with van der Waals surface area (Å²) in [6, 6.07) is 15.9. The van der Waals surface area contributed by atoms with Gasteiger partial charge in [-0.1, -0.05) is 42.5 Å². The minimum Gasteiger partial charge on any atom is -0.467 e. The molecule has 2 N–H and O–H groups in total. The van der Waals surface area contributed by atoms with Crippen LogP contribution in [-0.2, 0) is 32.1 Å². The van der Waals surface area contributed by atoms with Crippen molar-refractivity contribution < 1.29 is 23.9 Å². The van der Waals surface area contributed by atoms with Crippen LogP contribution in [0.5, 0.6) is 0 Å². The smallest absolute Gasteiger partial charge is 0.407 e. The Bertz CT molecular complexity index is 796. The molecule has 0 aromatic heterocycles. The summed E-state index contributed by atoms with van der Waals surface area (Å²) in [7, 11) is 1.26. The summed E-state index contributed by atoms with van der Waals surface area (Å²) in [5, 5.41) is 4.93. The third-order valence-electron chi connectivity index (χ3n) is 3.78. The van der Waals surface area contributed by atoms with Crippen molar-refractivity contribution in [3.05, 3.63) is 69.3 Å². The van der Waals surface area contributed by atoms with Crippen LogP contribution in [0.4, 0.5) is 4.79 Å². The second-order valence-electron chi connectivity index (χ2n) is 5.89. The van der Waals surface area contributed by atoms with E-state index in [1.807, 2.05) is 54.6 Å². The second-order valence-corrected chi connectivity index (χ2v) is 7.13. The summed E-state index contributed by atoms with van der Waals surface area (Å²) in [5.74, 6) is -1.07. The van der Waals surface area contributed by atoms with E-state index in [1.54, 1.807) is 0 Å². The lowest BCUT2D eigenvalue weighted by Crippen LogP contribution is -2.47. The van der Waals surface area contributed by atoms with E-state index in [2.05, 4.69) is 33.2 Å². The first-order valence-corrected chi connectivity index (χ1v) is 9.62. The normalized spacial score (nSPS) is 11.2. The van der Waals surface area contributed by atoms with Crippen LogP contribution in [0.15, 0.2) is 54.6 Å². The van der Waals surface area contributed by atoms with Gasteiger partial charge in [0.05, 0.1) is 7.11 Å². The molecule has 1 atom stereocenters. The number of hydrogen-bond donors (Lipinski definition) is 2. The summed E-state index contributed by atoms with van der Waals surface area (Å²) in [4.78, 5) is 35.8. The lowest BCUT2D eigenvalue weighted by Gasteiger charge is -2.17. The Morgan fingerprint density at radius 1 is 1.00 bits per heavy atom. The SMILES string of the molecule is COC(=O)[C@H](Cc1ccc(I)cc1)NC(=O)CNC(=O)OCc1ccccc1. The van der Waals surface area contributed by atoms with E-state index in [1.165, 1.54) is 7.11 Å². The maximum atomic E-state index is 12.1. The number of halogens is 1. The highest BCUT2D eigenvalue weighted by molar-refractivity contribution is 14.1. The number of esters is 1. The first-order chi connectivity index (χ1) is 13.5. The van der Waals surface area contributed by atoms with Gasteiger partial charge in [-0.3, -0.25) is 4.79 Å². The Balaban J connectivity index is 1.81. The highest BCUT2D eigenvalue weighted by atomic mass is 127. The van der Waals surface area contributed by atoms with Crippen molar-refractivity contribution in [1.82, 2.24) is 10.6 Å².